The molecule has 1 aromatic heterocycles. The third-order valence-electron chi connectivity index (χ3n) is 2.49. The highest BCUT2D eigenvalue weighted by Gasteiger charge is 2.14. The molecule has 6 nitrogen and oxygen atoms in total. The molecule has 0 unspecified atom stereocenters. The Morgan fingerprint density at radius 1 is 1.50 bits per heavy atom. The summed E-state index contributed by atoms with van der Waals surface area (Å²) in [7, 11) is 1.78. The van der Waals surface area contributed by atoms with Gasteiger partial charge in [0.05, 0.1) is 6.61 Å². The molecule has 0 amide bonds. The highest BCUT2D eigenvalue weighted by atomic mass is 16.5. The van der Waals surface area contributed by atoms with E-state index in [-0.39, 0.29) is 0 Å². The van der Waals surface area contributed by atoms with Crippen molar-refractivity contribution in [3.63, 3.8) is 0 Å². The Labute approximate surface area is 82.6 Å². The summed E-state index contributed by atoms with van der Waals surface area (Å²) >= 11 is 0. The molecule has 1 saturated heterocycles. The Morgan fingerprint density at radius 2 is 2.29 bits per heavy atom. The van der Waals surface area contributed by atoms with Crippen molar-refractivity contribution < 1.29 is 4.74 Å². The van der Waals surface area contributed by atoms with Crippen LogP contribution in [0.1, 0.15) is 12.8 Å². The summed E-state index contributed by atoms with van der Waals surface area (Å²) in [6, 6.07) is 0.503. The fourth-order valence-corrected chi connectivity index (χ4v) is 1.58. The second kappa shape index (κ2) is 4.36. The van der Waals surface area contributed by atoms with Gasteiger partial charge >= 0.3 is 6.01 Å². The first-order valence-corrected chi connectivity index (χ1v) is 4.92. The van der Waals surface area contributed by atoms with Crippen molar-refractivity contribution in [1.29, 1.82) is 0 Å². The van der Waals surface area contributed by atoms with Gasteiger partial charge in [-0.3, -0.25) is 0 Å². The largest absolute Gasteiger partial charge is 0.462 e. The van der Waals surface area contributed by atoms with E-state index in [2.05, 4.69) is 20.8 Å². The summed E-state index contributed by atoms with van der Waals surface area (Å²) in [5, 5.41) is 14.3. The molecule has 1 aromatic rings. The SMILES string of the molecule is Cn1nnnc1OCC1CCNCC1. The number of aryl methyl sites for hydroxylation is 1. The van der Waals surface area contributed by atoms with E-state index >= 15 is 0 Å². The van der Waals surface area contributed by atoms with Crippen molar-refractivity contribution in [3.05, 3.63) is 0 Å². The van der Waals surface area contributed by atoms with Crippen molar-refractivity contribution >= 4 is 0 Å². The molecule has 0 saturated carbocycles. The smallest absolute Gasteiger partial charge is 0.335 e. The molecule has 0 spiro atoms. The molecule has 1 N–H and O–H groups in total. The third-order valence-corrected chi connectivity index (χ3v) is 2.49. The summed E-state index contributed by atoms with van der Waals surface area (Å²) in [4.78, 5) is 0. The second-order valence-corrected chi connectivity index (χ2v) is 3.59. The summed E-state index contributed by atoms with van der Waals surface area (Å²) < 4.78 is 7.06. The molecule has 0 radical (unpaired) electrons. The number of nitrogens with zero attached hydrogens (tertiary/aromatic N) is 4. The lowest BCUT2D eigenvalue weighted by Gasteiger charge is -2.21. The van der Waals surface area contributed by atoms with Gasteiger partial charge in [-0.15, -0.1) is 0 Å². The Balaban J connectivity index is 1.79. The van der Waals surface area contributed by atoms with E-state index in [9.17, 15) is 0 Å². The molecule has 1 aliphatic rings. The fraction of sp³-hybridized carbons (Fsp3) is 0.875. The first-order chi connectivity index (χ1) is 6.86. The zero-order chi connectivity index (χ0) is 9.80. The van der Waals surface area contributed by atoms with Crippen LogP contribution in [0.2, 0.25) is 0 Å². The third kappa shape index (κ3) is 2.20. The summed E-state index contributed by atoms with van der Waals surface area (Å²) in [5.74, 6) is 0.632. The summed E-state index contributed by atoms with van der Waals surface area (Å²) in [6.45, 7) is 2.89. The van der Waals surface area contributed by atoms with Crippen LogP contribution in [0.15, 0.2) is 0 Å². The Bertz CT molecular complexity index is 281. The van der Waals surface area contributed by atoms with Gasteiger partial charge in [0.1, 0.15) is 0 Å². The number of nitrogens with one attached hydrogen (secondary N) is 1. The maximum atomic E-state index is 5.52. The van der Waals surface area contributed by atoms with E-state index in [1.54, 1.807) is 11.7 Å². The molecule has 1 aliphatic heterocycles. The first-order valence-electron chi connectivity index (χ1n) is 4.92. The quantitative estimate of drug-likeness (QED) is 0.713. The van der Waals surface area contributed by atoms with Crippen LogP contribution in [0.5, 0.6) is 6.01 Å². The van der Waals surface area contributed by atoms with Crippen molar-refractivity contribution in [1.82, 2.24) is 25.5 Å². The van der Waals surface area contributed by atoms with Crippen LogP contribution < -0.4 is 10.1 Å². The standard InChI is InChI=1S/C8H15N5O/c1-13-8(10-11-12-13)14-6-7-2-4-9-5-3-7/h7,9H,2-6H2,1H3. The maximum absolute atomic E-state index is 5.52. The molecular formula is C8H15N5O. The number of hydrogen-bond donors (Lipinski definition) is 1. The summed E-state index contributed by atoms with van der Waals surface area (Å²) in [5.41, 5.74) is 0. The van der Waals surface area contributed by atoms with Crippen LogP contribution in [0.25, 0.3) is 0 Å². The fourth-order valence-electron chi connectivity index (χ4n) is 1.58. The Morgan fingerprint density at radius 3 is 2.93 bits per heavy atom. The van der Waals surface area contributed by atoms with E-state index in [0.717, 1.165) is 19.7 Å². The van der Waals surface area contributed by atoms with E-state index in [0.29, 0.717) is 11.9 Å². The molecule has 6 heteroatoms. The van der Waals surface area contributed by atoms with Gasteiger partial charge < -0.3 is 10.1 Å². The van der Waals surface area contributed by atoms with E-state index in [1.165, 1.54) is 12.8 Å². The molecule has 78 valence electrons. The minimum absolute atomic E-state index is 0.503. The average molecular weight is 197 g/mol. The number of aromatic nitrogens is 4. The van der Waals surface area contributed by atoms with Gasteiger partial charge in [-0.05, 0) is 42.3 Å². The van der Waals surface area contributed by atoms with E-state index in [1.807, 2.05) is 0 Å². The number of hydrogen-bond acceptors (Lipinski definition) is 5. The van der Waals surface area contributed by atoms with Crippen molar-refractivity contribution in [3.8, 4) is 6.01 Å². The molecule has 0 atom stereocenters. The minimum Gasteiger partial charge on any atom is -0.462 e. The van der Waals surface area contributed by atoms with Gasteiger partial charge in [-0.1, -0.05) is 5.10 Å². The van der Waals surface area contributed by atoms with Gasteiger partial charge in [0.25, 0.3) is 0 Å². The zero-order valence-corrected chi connectivity index (χ0v) is 8.31. The van der Waals surface area contributed by atoms with Gasteiger partial charge in [-0.25, -0.2) is 0 Å². The van der Waals surface area contributed by atoms with Gasteiger partial charge in [0.15, 0.2) is 0 Å². The normalized spacial score (nSPS) is 18.4. The molecular weight excluding hydrogens is 182 g/mol. The Kier molecular flexibility index (Phi) is 2.93. The lowest BCUT2D eigenvalue weighted by atomic mass is 9.99. The molecule has 0 aliphatic carbocycles. The molecule has 14 heavy (non-hydrogen) atoms. The Hall–Kier alpha value is -1.17. The zero-order valence-electron chi connectivity index (χ0n) is 8.31. The lowest BCUT2D eigenvalue weighted by molar-refractivity contribution is 0.195. The molecule has 2 heterocycles. The molecule has 0 aromatic carbocycles. The number of ether oxygens (including phenoxy) is 1. The van der Waals surface area contributed by atoms with Gasteiger partial charge in [0.2, 0.25) is 0 Å². The van der Waals surface area contributed by atoms with Crippen LogP contribution >= 0.6 is 0 Å². The summed E-state index contributed by atoms with van der Waals surface area (Å²) in [6.07, 6.45) is 2.34. The number of tetrazole rings is 1. The van der Waals surface area contributed by atoms with Crippen molar-refractivity contribution in [2.45, 2.75) is 12.8 Å². The molecule has 2 rings (SSSR count). The predicted molar refractivity (Wildman–Crippen MR) is 49.9 cm³/mol. The van der Waals surface area contributed by atoms with E-state index < -0.39 is 0 Å². The number of piperidine rings is 1. The monoisotopic (exact) mass is 197 g/mol. The predicted octanol–water partition coefficient (Wildman–Crippen LogP) is -0.412. The topological polar surface area (TPSA) is 64.9 Å². The maximum Gasteiger partial charge on any atom is 0.335 e. The van der Waals surface area contributed by atoms with Crippen LogP contribution in [0.4, 0.5) is 0 Å². The lowest BCUT2D eigenvalue weighted by Crippen LogP contribution is -2.30. The molecule has 1 fully saturated rings. The first kappa shape index (κ1) is 9.39. The second-order valence-electron chi connectivity index (χ2n) is 3.59. The van der Waals surface area contributed by atoms with Gasteiger partial charge in [-0.2, -0.15) is 4.68 Å². The van der Waals surface area contributed by atoms with Crippen molar-refractivity contribution in [2.24, 2.45) is 13.0 Å². The van der Waals surface area contributed by atoms with Crippen LogP contribution in [0.3, 0.4) is 0 Å². The van der Waals surface area contributed by atoms with Gasteiger partial charge in [0, 0.05) is 7.05 Å². The van der Waals surface area contributed by atoms with E-state index in [4.69, 9.17) is 4.74 Å². The van der Waals surface area contributed by atoms with Crippen molar-refractivity contribution in [2.75, 3.05) is 19.7 Å². The van der Waals surface area contributed by atoms with Crippen LogP contribution in [0, 0.1) is 5.92 Å². The number of rotatable bonds is 3. The highest BCUT2D eigenvalue weighted by Crippen LogP contribution is 2.12. The molecule has 0 bridgehead atoms. The van der Waals surface area contributed by atoms with Crippen LogP contribution in [-0.4, -0.2) is 39.9 Å². The van der Waals surface area contributed by atoms with Crippen LogP contribution in [-0.2, 0) is 7.05 Å². The minimum atomic E-state index is 0.503. The average Bonchev–Trinajstić information content (AvgIpc) is 2.63. The highest BCUT2D eigenvalue weighted by molar-refractivity contribution is 4.86.